The van der Waals surface area contributed by atoms with E-state index in [2.05, 4.69) is 15.9 Å². The van der Waals surface area contributed by atoms with Crippen molar-refractivity contribution in [2.24, 2.45) is 5.73 Å². The third-order valence-corrected chi connectivity index (χ3v) is 2.97. The fourth-order valence-electron chi connectivity index (χ4n) is 1.40. The van der Waals surface area contributed by atoms with Gasteiger partial charge in [-0.05, 0) is 35.0 Å². The first-order valence-corrected chi connectivity index (χ1v) is 5.61. The first kappa shape index (κ1) is 12.6. The van der Waals surface area contributed by atoms with E-state index in [-0.39, 0.29) is 0 Å². The number of hydrogen-bond acceptors (Lipinski definition) is 3. The largest absolute Gasteiger partial charge is 0.492 e. The zero-order valence-electron chi connectivity index (χ0n) is 8.64. The summed E-state index contributed by atoms with van der Waals surface area (Å²) in [6, 6.07) is 1.79. The van der Waals surface area contributed by atoms with Crippen molar-refractivity contribution in [3.8, 4) is 11.5 Å². The first-order chi connectivity index (χ1) is 7.15. The maximum Gasteiger partial charge on any atom is 0.175 e. The highest BCUT2D eigenvalue weighted by Gasteiger charge is 2.16. The summed E-state index contributed by atoms with van der Waals surface area (Å²) in [6.07, 6.45) is 0.658. The molecule has 3 nitrogen and oxygen atoms in total. The van der Waals surface area contributed by atoms with Gasteiger partial charge in [0.25, 0.3) is 0 Å². The number of hydrogen-bond donors (Lipinski definition) is 1. The van der Waals surface area contributed by atoms with Gasteiger partial charge in [-0.1, -0.05) is 11.6 Å². The smallest absolute Gasteiger partial charge is 0.175 e. The van der Waals surface area contributed by atoms with Crippen LogP contribution in [0.25, 0.3) is 0 Å². The Morgan fingerprint density at radius 2 is 1.93 bits per heavy atom. The van der Waals surface area contributed by atoms with E-state index in [1.165, 1.54) is 0 Å². The Hall–Kier alpha value is -0.450. The molecule has 0 atom stereocenters. The summed E-state index contributed by atoms with van der Waals surface area (Å²) >= 11 is 9.46. The molecule has 0 saturated carbocycles. The Kier molecular flexibility index (Phi) is 4.70. The van der Waals surface area contributed by atoms with Crippen molar-refractivity contribution in [1.29, 1.82) is 0 Å². The second kappa shape index (κ2) is 5.58. The molecular weight excluding hydrogens is 281 g/mol. The van der Waals surface area contributed by atoms with Crippen LogP contribution in [0.5, 0.6) is 11.5 Å². The van der Waals surface area contributed by atoms with Crippen LogP contribution in [0.1, 0.15) is 5.56 Å². The lowest BCUT2D eigenvalue weighted by atomic mass is 10.1. The number of halogens is 2. The van der Waals surface area contributed by atoms with Crippen LogP contribution in [0.3, 0.4) is 0 Å². The molecule has 0 aliphatic rings. The minimum Gasteiger partial charge on any atom is -0.492 e. The summed E-state index contributed by atoms with van der Waals surface area (Å²) in [5.74, 6) is 1.28. The monoisotopic (exact) mass is 293 g/mol. The van der Waals surface area contributed by atoms with Gasteiger partial charge in [0.05, 0.1) is 18.7 Å². The van der Waals surface area contributed by atoms with Crippen molar-refractivity contribution in [3.63, 3.8) is 0 Å². The maximum absolute atomic E-state index is 6.10. The fourth-order valence-corrected chi connectivity index (χ4v) is 2.39. The molecule has 15 heavy (non-hydrogen) atoms. The number of ether oxygens (including phenoxy) is 2. The molecular formula is C10H13BrClNO2. The fraction of sp³-hybridized carbons (Fsp3) is 0.400. The van der Waals surface area contributed by atoms with E-state index >= 15 is 0 Å². The first-order valence-electron chi connectivity index (χ1n) is 4.44. The van der Waals surface area contributed by atoms with E-state index in [1.807, 2.05) is 0 Å². The summed E-state index contributed by atoms with van der Waals surface area (Å²) < 4.78 is 11.3. The van der Waals surface area contributed by atoms with E-state index in [4.69, 9.17) is 26.8 Å². The molecule has 0 amide bonds. The van der Waals surface area contributed by atoms with Gasteiger partial charge in [-0.25, -0.2) is 0 Å². The van der Waals surface area contributed by atoms with E-state index in [1.54, 1.807) is 20.3 Å². The maximum atomic E-state index is 6.10. The molecule has 1 rings (SSSR count). The minimum atomic E-state index is 0.515. The second-order valence-corrected chi connectivity index (χ2v) is 4.19. The van der Waals surface area contributed by atoms with Crippen LogP contribution in [0.2, 0.25) is 5.02 Å². The average molecular weight is 295 g/mol. The lowest BCUT2D eigenvalue weighted by Crippen LogP contribution is -2.06. The van der Waals surface area contributed by atoms with Crippen molar-refractivity contribution >= 4 is 27.5 Å². The van der Waals surface area contributed by atoms with Crippen LogP contribution in [0.4, 0.5) is 0 Å². The van der Waals surface area contributed by atoms with Gasteiger partial charge in [0, 0.05) is 10.6 Å². The molecule has 0 aromatic heterocycles. The number of benzene rings is 1. The Labute approximate surface area is 103 Å². The Balaban J connectivity index is 3.35. The van der Waals surface area contributed by atoms with Gasteiger partial charge < -0.3 is 15.2 Å². The third kappa shape index (κ3) is 2.56. The van der Waals surface area contributed by atoms with Crippen molar-refractivity contribution in [1.82, 2.24) is 0 Å². The van der Waals surface area contributed by atoms with Crippen molar-refractivity contribution in [2.45, 2.75) is 6.42 Å². The normalized spacial score (nSPS) is 10.2. The highest BCUT2D eigenvalue weighted by Crippen LogP contribution is 2.42. The summed E-state index contributed by atoms with van der Waals surface area (Å²) in [4.78, 5) is 0. The second-order valence-electron chi connectivity index (χ2n) is 2.92. The highest BCUT2D eigenvalue weighted by molar-refractivity contribution is 9.10. The van der Waals surface area contributed by atoms with Gasteiger partial charge in [-0.15, -0.1) is 0 Å². The SMILES string of the molecule is COc1c(Br)cc(Cl)c(CCN)c1OC. The summed E-state index contributed by atoms with van der Waals surface area (Å²) in [7, 11) is 3.17. The molecule has 0 unspecified atom stereocenters. The molecule has 0 spiro atoms. The molecule has 0 heterocycles. The zero-order valence-corrected chi connectivity index (χ0v) is 11.0. The van der Waals surface area contributed by atoms with Crippen LogP contribution < -0.4 is 15.2 Å². The van der Waals surface area contributed by atoms with E-state index in [0.29, 0.717) is 29.5 Å². The summed E-state index contributed by atoms with van der Waals surface area (Å²) in [5, 5.41) is 0.630. The highest BCUT2D eigenvalue weighted by atomic mass is 79.9. The molecule has 0 fully saturated rings. The molecule has 0 radical (unpaired) electrons. The van der Waals surface area contributed by atoms with Crippen molar-refractivity contribution in [2.75, 3.05) is 20.8 Å². The third-order valence-electron chi connectivity index (χ3n) is 2.04. The molecule has 1 aromatic carbocycles. The van der Waals surface area contributed by atoms with Crippen molar-refractivity contribution in [3.05, 3.63) is 21.1 Å². The molecule has 2 N–H and O–H groups in total. The molecule has 0 saturated heterocycles. The minimum absolute atomic E-state index is 0.515. The Morgan fingerprint density at radius 1 is 1.33 bits per heavy atom. The zero-order chi connectivity index (χ0) is 11.4. The molecule has 0 bridgehead atoms. The number of methoxy groups -OCH3 is 2. The van der Waals surface area contributed by atoms with Gasteiger partial charge in [0.2, 0.25) is 0 Å². The van der Waals surface area contributed by atoms with Gasteiger partial charge >= 0.3 is 0 Å². The van der Waals surface area contributed by atoms with Crippen LogP contribution >= 0.6 is 27.5 Å². The standard InChI is InChI=1S/C10H13BrClNO2/c1-14-9-6(3-4-13)8(12)5-7(11)10(9)15-2/h5H,3-4,13H2,1-2H3. The lowest BCUT2D eigenvalue weighted by molar-refractivity contribution is 0.350. The van der Waals surface area contributed by atoms with Gasteiger partial charge in [0.15, 0.2) is 11.5 Å². The Morgan fingerprint density at radius 3 is 2.40 bits per heavy atom. The molecule has 0 aliphatic heterocycles. The molecule has 1 aromatic rings. The molecule has 5 heteroatoms. The van der Waals surface area contributed by atoms with Gasteiger partial charge in [-0.2, -0.15) is 0 Å². The predicted octanol–water partition coefficient (Wildman–Crippen LogP) is 2.62. The van der Waals surface area contributed by atoms with Gasteiger partial charge in [-0.3, -0.25) is 0 Å². The summed E-state index contributed by atoms with van der Waals surface area (Å²) in [6.45, 7) is 0.515. The van der Waals surface area contributed by atoms with Crippen molar-refractivity contribution < 1.29 is 9.47 Å². The average Bonchev–Trinajstić information content (AvgIpc) is 2.21. The lowest BCUT2D eigenvalue weighted by Gasteiger charge is -2.15. The Bertz CT molecular complexity index is 358. The number of nitrogens with two attached hydrogens (primary N) is 1. The predicted molar refractivity (Wildman–Crippen MR) is 65.0 cm³/mol. The van der Waals surface area contributed by atoms with Crippen LogP contribution in [-0.2, 0) is 6.42 Å². The topological polar surface area (TPSA) is 44.5 Å². The molecule has 84 valence electrons. The number of rotatable bonds is 4. The summed E-state index contributed by atoms with van der Waals surface area (Å²) in [5.41, 5.74) is 6.39. The van der Waals surface area contributed by atoms with Crippen LogP contribution in [0, 0.1) is 0 Å². The van der Waals surface area contributed by atoms with E-state index in [9.17, 15) is 0 Å². The van der Waals surface area contributed by atoms with Crippen LogP contribution in [0.15, 0.2) is 10.5 Å². The quantitative estimate of drug-likeness (QED) is 0.928. The van der Waals surface area contributed by atoms with E-state index < -0.39 is 0 Å². The van der Waals surface area contributed by atoms with Crippen LogP contribution in [-0.4, -0.2) is 20.8 Å². The van der Waals surface area contributed by atoms with Gasteiger partial charge in [0.1, 0.15) is 0 Å². The molecule has 0 aliphatic carbocycles. The van der Waals surface area contributed by atoms with E-state index in [0.717, 1.165) is 10.0 Å².